The molecule has 0 atom stereocenters. The molecule has 0 bridgehead atoms. The molecule has 0 aliphatic carbocycles. The molecule has 0 fully saturated rings. The highest BCUT2D eigenvalue weighted by atomic mass is 32.2. The SMILES string of the molecule is CN.[B]CC(=O)S/C=C(\N=C)c1cccc(NS(=O)(=O)c2cccc3c(N(C)C)cccc23)c1. The third kappa shape index (κ3) is 6.50. The zero-order valence-corrected chi connectivity index (χ0v) is 21.0. The van der Waals surface area contributed by atoms with Gasteiger partial charge < -0.3 is 10.6 Å². The first-order valence-electron chi connectivity index (χ1n) is 10.2. The second-order valence-electron chi connectivity index (χ2n) is 7.06. The predicted molar refractivity (Wildman–Crippen MR) is 146 cm³/mol. The Morgan fingerprint density at radius 2 is 1.76 bits per heavy atom. The molecule has 3 rings (SSSR count). The fourth-order valence-electron chi connectivity index (χ4n) is 3.21. The maximum Gasteiger partial charge on any atom is 0.262 e. The van der Waals surface area contributed by atoms with Gasteiger partial charge in [0.2, 0.25) is 0 Å². The standard InChI is InChI=1S/C23H22BN3O3S2.CH5N/c1-25-20(15-31-23(28)14-24)16-7-4-8-17(13-16)26-32(29,30)22-12-6-9-18-19(22)10-5-11-21(18)27(2)3;1-2/h4-13,15,26H,1,14H2,2-3H3;2H2,1H3/b20-15-;. The fraction of sp³-hybridized carbons (Fsp3) is 0.167. The average molecular weight is 494 g/mol. The first kappa shape index (κ1) is 27.2. The number of nitrogens with two attached hydrogens (primary N) is 1. The van der Waals surface area contributed by atoms with Gasteiger partial charge in [0.25, 0.3) is 10.0 Å². The molecule has 0 unspecified atom stereocenters. The highest BCUT2D eigenvalue weighted by Gasteiger charge is 2.19. The van der Waals surface area contributed by atoms with Crippen LogP contribution in [0.15, 0.2) is 76.0 Å². The van der Waals surface area contributed by atoms with Gasteiger partial charge in [-0.3, -0.25) is 14.5 Å². The van der Waals surface area contributed by atoms with Crippen molar-refractivity contribution < 1.29 is 13.2 Å². The summed E-state index contributed by atoms with van der Waals surface area (Å²) in [4.78, 5) is 17.6. The number of rotatable bonds is 8. The molecule has 176 valence electrons. The lowest BCUT2D eigenvalue weighted by Crippen LogP contribution is -2.14. The molecule has 0 spiro atoms. The lowest BCUT2D eigenvalue weighted by atomic mass is 10.1. The number of nitrogens with zero attached hydrogens (tertiary/aromatic N) is 2. The number of thioether (sulfide) groups is 1. The van der Waals surface area contributed by atoms with Gasteiger partial charge in [-0.05, 0) is 44.4 Å². The number of benzene rings is 3. The van der Waals surface area contributed by atoms with E-state index in [0.717, 1.165) is 22.8 Å². The third-order valence-electron chi connectivity index (χ3n) is 4.68. The molecular weight excluding hydrogens is 467 g/mol. The van der Waals surface area contributed by atoms with Gasteiger partial charge in [0.05, 0.1) is 18.4 Å². The van der Waals surface area contributed by atoms with Gasteiger partial charge in [-0.15, -0.1) is 0 Å². The Balaban J connectivity index is 0.00000199. The highest BCUT2D eigenvalue weighted by Crippen LogP contribution is 2.31. The van der Waals surface area contributed by atoms with Crippen molar-refractivity contribution in [2.24, 2.45) is 10.7 Å². The zero-order valence-electron chi connectivity index (χ0n) is 19.4. The van der Waals surface area contributed by atoms with E-state index in [1.54, 1.807) is 47.9 Å². The molecule has 0 aliphatic rings. The Morgan fingerprint density at radius 3 is 2.41 bits per heavy atom. The molecule has 0 heterocycles. The Hall–Kier alpha value is -3.08. The highest BCUT2D eigenvalue weighted by molar-refractivity contribution is 8.16. The van der Waals surface area contributed by atoms with Gasteiger partial charge in [0.15, 0.2) is 5.12 Å². The molecule has 10 heteroatoms. The molecule has 3 aromatic rings. The molecule has 34 heavy (non-hydrogen) atoms. The van der Waals surface area contributed by atoms with Crippen molar-refractivity contribution >= 4 is 69.3 Å². The van der Waals surface area contributed by atoms with Crippen LogP contribution < -0.4 is 15.4 Å². The monoisotopic (exact) mass is 494 g/mol. The lowest BCUT2D eigenvalue weighted by Gasteiger charge is -2.17. The van der Waals surface area contributed by atoms with Crippen LogP contribution in [0.3, 0.4) is 0 Å². The second kappa shape index (κ2) is 12.4. The van der Waals surface area contributed by atoms with E-state index in [2.05, 4.69) is 22.2 Å². The van der Waals surface area contributed by atoms with E-state index in [9.17, 15) is 13.2 Å². The van der Waals surface area contributed by atoms with Crippen LogP contribution in [0, 0.1) is 0 Å². The zero-order chi connectivity index (χ0) is 25.3. The lowest BCUT2D eigenvalue weighted by molar-refractivity contribution is -0.109. The van der Waals surface area contributed by atoms with Crippen molar-refractivity contribution in [2.75, 3.05) is 30.8 Å². The van der Waals surface area contributed by atoms with E-state index in [4.69, 9.17) is 7.85 Å². The predicted octanol–water partition coefficient (Wildman–Crippen LogP) is 4.13. The van der Waals surface area contributed by atoms with Crippen LogP contribution in [0.2, 0.25) is 6.32 Å². The number of hydrogen-bond donors (Lipinski definition) is 2. The van der Waals surface area contributed by atoms with Crippen molar-refractivity contribution in [1.82, 2.24) is 0 Å². The van der Waals surface area contributed by atoms with E-state index < -0.39 is 10.0 Å². The maximum atomic E-state index is 13.3. The molecule has 0 aliphatic heterocycles. The topological polar surface area (TPSA) is 105 Å². The normalized spacial score (nSPS) is 11.4. The van der Waals surface area contributed by atoms with Gasteiger partial charge >= 0.3 is 0 Å². The second-order valence-corrected chi connectivity index (χ2v) is 9.64. The van der Waals surface area contributed by atoms with Crippen LogP contribution in [0.4, 0.5) is 11.4 Å². The quantitative estimate of drug-likeness (QED) is 0.361. The molecule has 3 aromatic carbocycles. The Labute approximate surface area is 206 Å². The Morgan fingerprint density at radius 1 is 1.12 bits per heavy atom. The summed E-state index contributed by atoms with van der Waals surface area (Å²) < 4.78 is 29.2. The van der Waals surface area contributed by atoms with E-state index in [1.165, 1.54) is 7.05 Å². The number of carbonyl (C=O) groups excluding carboxylic acids is 1. The summed E-state index contributed by atoms with van der Waals surface area (Å²) in [5, 5.41) is 2.81. The van der Waals surface area contributed by atoms with Crippen LogP contribution in [0.1, 0.15) is 5.56 Å². The Kier molecular flexibility index (Phi) is 9.91. The molecule has 2 radical (unpaired) electrons. The van der Waals surface area contributed by atoms with Gasteiger partial charge in [0, 0.05) is 47.2 Å². The fourth-order valence-corrected chi connectivity index (χ4v) is 5.03. The van der Waals surface area contributed by atoms with Crippen molar-refractivity contribution in [2.45, 2.75) is 11.2 Å². The molecular formula is C24H27BN4O3S2. The number of hydrogen-bond acceptors (Lipinski definition) is 7. The molecule has 0 aromatic heterocycles. The summed E-state index contributed by atoms with van der Waals surface area (Å²) in [6, 6.07) is 17.5. The van der Waals surface area contributed by atoms with E-state index in [1.807, 2.05) is 37.2 Å². The number of nitrogens with one attached hydrogen (secondary N) is 1. The smallest absolute Gasteiger partial charge is 0.262 e. The average Bonchev–Trinajstić information content (AvgIpc) is 2.84. The molecule has 0 saturated carbocycles. The number of anilines is 2. The summed E-state index contributed by atoms with van der Waals surface area (Å²) in [5.41, 5.74) is 6.86. The van der Waals surface area contributed by atoms with E-state index in [0.29, 0.717) is 22.3 Å². The van der Waals surface area contributed by atoms with Gasteiger partial charge in [-0.25, -0.2) is 8.42 Å². The van der Waals surface area contributed by atoms with Crippen molar-refractivity contribution in [3.8, 4) is 0 Å². The van der Waals surface area contributed by atoms with Crippen molar-refractivity contribution in [3.05, 3.63) is 71.6 Å². The van der Waals surface area contributed by atoms with Crippen molar-refractivity contribution in [1.29, 1.82) is 0 Å². The summed E-state index contributed by atoms with van der Waals surface area (Å²) in [6.45, 7) is 3.53. The van der Waals surface area contributed by atoms with Crippen LogP contribution in [-0.2, 0) is 14.8 Å². The minimum Gasteiger partial charge on any atom is -0.377 e. The van der Waals surface area contributed by atoms with Gasteiger partial charge in [-0.1, -0.05) is 48.2 Å². The molecule has 0 amide bonds. The number of sulfonamides is 1. The first-order valence-corrected chi connectivity index (χ1v) is 12.6. The number of aliphatic imine (C=N–C) groups is 1. The van der Waals surface area contributed by atoms with Crippen LogP contribution in [0.5, 0.6) is 0 Å². The third-order valence-corrected chi connectivity index (χ3v) is 6.89. The summed E-state index contributed by atoms with van der Waals surface area (Å²) in [7, 11) is 6.78. The number of fused-ring (bicyclic) bond motifs is 1. The van der Waals surface area contributed by atoms with E-state index in [-0.39, 0.29) is 16.3 Å². The molecule has 3 N–H and O–H groups in total. The summed E-state index contributed by atoms with van der Waals surface area (Å²) in [6.07, 6.45) is -0.0913. The van der Waals surface area contributed by atoms with Gasteiger partial charge in [0.1, 0.15) is 0 Å². The minimum absolute atomic E-state index is 0.0913. The van der Waals surface area contributed by atoms with E-state index >= 15 is 0 Å². The van der Waals surface area contributed by atoms with Crippen LogP contribution in [-0.4, -0.2) is 49.2 Å². The molecule has 7 nitrogen and oxygen atoms in total. The van der Waals surface area contributed by atoms with Gasteiger partial charge in [-0.2, -0.15) is 0 Å². The maximum absolute atomic E-state index is 13.3. The summed E-state index contributed by atoms with van der Waals surface area (Å²) in [5.74, 6) is 0. The van der Waals surface area contributed by atoms with Crippen LogP contribution >= 0.6 is 11.8 Å². The Bertz CT molecular complexity index is 1310. The largest absolute Gasteiger partial charge is 0.377 e. The number of carbonyl (C=O) groups is 1. The minimum atomic E-state index is -3.87. The first-order chi connectivity index (χ1) is 16.3. The van der Waals surface area contributed by atoms with Crippen LogP contribution in [0.25, 0.3) is 16.5 Å². The summed E-state index contributed by atoms with van der Waals surface area (Å²) >= 11 is 0.922. The van der Waals surface area contributed by atoms with Crippen molar-refractivity contribution in [3.63, 3.8) is 0 Å². The molecule has 0 saturated heterocycles.